The molecule has 1 aromatic rings. The average Bonchev–Trinajstić information content (AvgIpc) is 3.02. The lowest BCUT2D eigenvalue weighted by atomic mass is 9.73. The lowest BCUT2D eigenvalue weighted by molar-refractivity contribution is -0.133. The normalized spacial score (nSPS) is 24.9. The second-order valence-corrected chi connectivity index (χ2v) is 11.5. The van der Waals surface area contributed by atoms with E-state index in [0.29, 0.717) is 25.9 Å². The molecule has 166 valence electrons. The van der Waals surface area contributed by atoms with Crippen molar-refractivity contribution in [3.05, 3.63) is 35.4 Å². The highest BCUT2D eigenvalue weighted by Gasteiger charge is 2.47. The molecule has 1 atom stereocenters. The standard InChI is InChI=1S/C23H35N3O3S/c1-3-16-30(28,29)26-10-8-23(9-11-26)18-19(20-6-4-5-7-21(20)23)17-22(27)25-14-12-24(2)13-15-25/h4-7,19H,3,8-18H2,1-2H3/t19-/m0/s1. The summed E-state index contributed by atoms with van der Waals surface area (Å²) in [7, 11) is -1.04. The largest absolute Gasteiger partial charge is 0.340 e. The first-order valence-electron chi connectivity index (χ1n) is 11.4. The highest BCUT2D eigenvalue weighted by Crippen LogP contribution is 2.53. The third kappa shape index (κ3) is 4.16. The topological polar surface area (TPSA) is 60.9 Å². The number of piperazine rings is 1. The molecule has 1 aliphatic carbocycles. The lowest BCUT2D eigenvalue weighted by Crippen LogP contribution is -2.47. The van der Waals surface area contributed by atoms with Crippen molar-refractivity contribution in [3.63, 3.8) is 0 Å². The number of amides is 1. The van der Waals surface area contributed by atoms with E-state index in [0.717, 1.165) is 45.4 Å². The van der Waals surface area contributed by atoms with Crippen LogP contribution in [-0.4, -0.2) is 80.5 Å². The first-order chi connectivity index (χ1) is 14.3. The summed E-state index contributed by atoms with van der Waals surface area (Å²) in [5.41, 5.74) is 2.68. The van der Waals surface area contributed by atoms with Gasteiger partial charge in [0, 0.05) is 45.7 Å². The molecule has 1 spiro atoms. The Kier molecular flexibility index (Phi) is 6.24. The van der Waals surface area contributed by atoms with Gasteiger partial charge >= 0.3 is 0 Å². The van der Waals surface area contributed by atoms with Crippen LogP contribution in [0.3, 0.4) is 0 Å². The second kappa shape index (κ2) is 8.60. The number of sulfonamides is 1. The number of hydrogen-bond donors (Lipinski definition) is 0. The Morgan fingerprint density at radius 1 is 1.07 bits per heavy atom. The van der Waals surface area contributed by atoms with Crippen LogP contribution in [0.1, 0.15) is 56.1 Å². The Morgan fingerprint density at radius 3 is 2.40 bits per heavy atom. The van der Waals surface area contributed by atoms with E-state index >= 15 is 0 Å². The number of rotatable bonds is 5. The highest BCUT2D eigenvalue weighted by atomic mass is 32.2. The summed E-state index contributed by atoms with van der Waals surface area (Å²) in [5, 5.41) is 0. The summed E-state index contributed by atoms with van der Waals surface area (Å²) in [6.45, 7) is 6.62. The number of fused-ring (bicyclic) bond motifs is 2. The van der Waals surface area contributed by atoms with E-state index in [9.17, 15) is 13.2 Å². The number of hydrogen-bond acceptors (Lipinski definition) is 4. The summed E-state index contributed by atoms with van der Waals surface area (Å²) < 4.78 is 26.7. The van der Waals surface area contributed by atoms with Crippen LogP contribution >= 0.6 is 0 Å². The number of carbonyl (C=O) groups is 1. The minimum atomic E-state index is -3.14. The number of benzene rings is 1. The van der Waals surface area contributed by atoms with Gasteiger partial charge in [0.25, 0.3) is 0 Å². The summed E-state index contributed by atoms with van der Waals surface area (Å²) in [4.78, 5) is 17.3. The van der Waals surface area contributed by atoms with E-state index in [-0.39, 0.29) is 23.0 Å². The van der Waals surface area contributed by atoms with Crippen LogP contribution in [-0.2, 0) is 20.2 Å². The molecule has 2 heterocycles. The number of piperidine rings is 1. The first kappa shape index (κ1) is 21.8. The van der Waals surface area contributed by atoms with Gasteiger partial charge in [0.05, 0.1) is 5.75 Å². The Labute approximate surface area is 181 Å². The maximum Gasteiger partial charge on any atom is 0.223 e. The van der Waals surface area contributed by atoms with E-state index in [1.54, 1.807) is 4.31 Å². The Balaban J connectivity index is 1.47. The summed E-state index contributed by atoms with van der Waals surface area (Å²) >= 11 is 0. The SMILES string of the molecule is CCCS(=O)(=O)N1CCC2(CC1)C[C@H](CC(=O)N1CCN(C)CC1)c1ccccc12. The molecule has 0 aromatic heterocycles. The number of nitrogens with zero attached hydrogens (tertiary/aromatic N) is 3. The molecule has 1 amide bonds. The molecule has 0 saturated carbocycles. The summed E-state index contributed by atoms with van der Waals surface area (Å²) in [6, 6.07) is 8.57. The quantitative estimate of drug-likeness (QED) is 0.716. The first-order valence-corrected chi connectivity index (χ1v) is 13.0. The second-order valence-electron chi connectivity index (χ2n) is 9.37. The molecule has 3 aliphatic rings. The van der Waals surface area contributed by atoms with Gasteiger partial charge in [-0.3, -0.25) is 4.79 Å². The van der Waals surface area contributed by atoms with Crippen LogP contribution in [0, 0.1) is 0 Å². The van der Waals surface area contributed by atoms with Crippen molar-refractivity contribution in [2.45, 2.75) is 50.4 Å². The van der Waals surface area contributed by atoms with Gasteiger partial charge in [-0.05, 0) is 55.2 Å². The lowest BCUT2D eigenvalue weighted by Gasteiger charge is -2.40. The van der Waals surface area contributed by atoms with Crippen molar-refractivity contribution >= 4 is 15.9 Å². The van der Waals surface area contributed by atoms with Crippen molar-refractivity contribution in [1.82, 2.24) is 14.1 Å². The maximum atomic E-state index is 13.0. The number of carbonyl (C=O) groups excluding carboxylic acids is 1. The van der Waals surface area contributed by atoms with Crippen LogP contribution in [0.5, 0.6) is 0 Å². The van der Waals surface area contributed by atoms with Crippen molar-refractivity contribution < 1.29 is 13.2 Å². The van der Waals surface area contributed by atoms with E-state index in [2.05, 4.69) is 36.2 Å². The molecule has 0 unspecified atom stereocenters. The van der Waals surface area contributed by atoms with E-state index < -0.39 is 10.0 Å². The zero-order valence-corrected chi connectivity index (χ0v) is 19.2. The van der Waals surface area contributed by atoms with E-state index in [1.807, 2.05) is 11.8 Å². The smallest absolute Gasteiger partial charge is 0.223 e. The van der Waals surface area contributed by atoms with Gasteiger partial charge in [0.15, 0.2) is 0 Å². The minimum absolute atomic E-state index is 0.0158. The zero-order chi connectivity index (χ0) is 21.4. The molecule has 7 heteroatoms. The molecular weight excluding hydrogens is 398 g/mol. The summed E-state index contributed by atoms with van der Waals surface area (Å²) in [5.74, 6) is 0.744. The van der Waals surface area contributed by atoms with Crippen LogP contribution in [0.15, 0.2) is 24.3 Å². The Morgan fingerprint density at radius 2 is 1.73 bits per heavy atom. The predicted molar refractivity (Wildman–Crippen MR) is 119 cm³/mol. The third-order valence-corrected chi connectivity index (χ3v) is 9.50. The number of likely N-dealkylation sites (N-methyl/N-ethyl adjacent to an activating group) is 1. The fourth-order valence-electron chi connectivity index (χ4n) is 5.66. The molecule has 6 nitrogen and oxygen atoms in total. The molecule has 0 N–H and O–H groups in total. The van der Waals surface area contributed by atoms with Crippen LogP contribution < -0.4 is 0 Å². The van der Waals surface area contributed by atoms with Gasteiger partial charge in [0.2, 0.25) is 15.9 Å². The molecule has 2 saturated heterocycles. The maximum absolute atomic E-state index is 13.0. The van der Waals surface area contributed by atoms with Crippen molar-refractivity contribution in [2.24, 2.45) is 0 Å². The molecule has 2 aliphatic heterocycles. The molecular formula is C23H35N3O3S. The highest BCUT2D eigenvalue weighted by molar-refractivity contribution is 7.89. The average molecular weight is 434 g/mol. The molecule has 4 rings (SSSR count). The molecule has 2 fully saturated rings. The molecule has 1 aromatic carbocycles. The van der Waals surface area contributed by atoms with Crippen LogP contribution in [0.2, 0.25) is 0 Å². The Bertz CT molecular complexity index is 869. The van der Waals surface area contributed by atoms with Crippen molar-refractivity contribution in [1.29, 1.82) is 0 Å². The molecule has 30 heavy (non-hydrogen) atoms. The fraction of sp³-hybridized carbons (Fsp3) is 0.696. The fourth-order valence-corrected chi connectivity index (χ4v) is 7.17. The van der Waals surface area contributed by atoms with Crippen molar-refractivity contribution in [3.8, 4) is 0 Å². The third-order valence-electron chi connectivity index (χ3n) is 7.42. The van der Waals surface area contributed by atoms with Crippen LogP contribution in [0.25, 0.3) is 0 Å². The van der Waals surface area contributed by atoms with Gasteiger partial charge in [0.1, 0.15) is 0 Å². The van der Waals surface area contributed by atoms with Gasteiger partial charge in [-0.15, -0.1) is 0 Å². The van der Waals surface area contributed by atoms with Gasteiger partial charge in [-0.1, -0.05) is 31.2 Å². The van der Waals surface area contributed by atoms with Gasteiger partial charge in [-0.2, -0.15) is 0 Å². The monoisotopic (exact) mass is 433 g/mol. The van der Waals surface area contributed by atoms with Crippen LogP contribution in [0.4, 0.5) is 0 Å². The zero-order valence-electron chi connectivity index (χ0n) is 18.3. The predicted octanol–water partition coefficient (Wildman–Crippen LogP) is 2.41. The van der Waals surface area contributed by atoms with Gasteiger partial charge in [-0.25, -0.2) is 12.7 Å². The molecule has 0 radical (unpaired) electrons. The molecule has 0 bridgehead atoms. The summed E-state index contributed by atoms with van der Waals surface area (Å²) in [6.07, 6.45) is 3.90. The van der Waals surface area contributed by atoms with Gasteiger partial charge < -0.3 is 9.80 Å². The van der Waals surface area contributed by atoms with E-state index in [1.165, 1.54) is 11.1 Å². The Hall–Kier alpha value is -1.44. The van der Waals surface area contributed by atoms with E-state index in [4.69, 9.17) is 0 Å². The minimum Gasteiger partial charge on any atom is -0.340 e. The van der Waals surface area contributed by atoms with Crippen molar-refractivity contribution in [2.75, 3.05) is 52.1 Å².